The van der Waals surface area contributed by atoms with E-state index in [0.717, 1.165) is 31.2 Å². The molecule has 1 aliphatic carbocycles. The van der Waals surface area contributed by atoms with E-state index in [1.807, 2.05) is 21.9 Å². The van der Waals surface area contributed by atoms with E-state index in [1.165, 1.54) is 48.6 Å². The fraction of sp³-hybridized carbons (Fsp3) is 0.500. The highest BCUT2D eigenvalue weighted by atomic mass is 35.5. The number of hydrogen-bond acceptors (Lipinski definition) is 7. The van der Waals surface area contributed by atoms with Gasteiger partial charge >= 0.3 is 0 Å². The van der Waals surface area contributed by atoms with Gasteiger partial charge in [0.25, 0.3) is 0 Å². The predicted molar refractivity (Wildman–Crippen MR) is 185 cm³/mol. The van der Waals surface area contributed by atoms with Crippen molar-refractivity contribution in [3.63, 3.8) is 0 Å². The number of amides is 2. The number of nitrogens with zero attached hydrogens (tertiary/aromatic N) is 6. The van der Waals surface area contributed by atoms with Crippen molar-refractivity contribution < 1.29 is 9.59 Å². The summed E-state index contributed by atoms with van der Waals surface area (Å²) in [5.74, 6) is 2.10. The van der Waals surface area contributed by atoms with E-state index in [1.54, 1.807) is 6.07 Å². The number of anilines is 1. The number of piperazine rings is 2. The van der Waals surface area contributed by atoms with E-state index >= 15 is 0 Å². The number of halogens is 1. The molecule has 0 bridgehead atoms. The first-order valence-corrected chi connectivity index (χ1v) is 18.1. The Kier molecular flexibility index (Phi) is 11.1. The molecule has 0 radical (unpaired) electrons. The number of benzene rings is 2. The van der Waals surface area contributed by atoms with Crippen LogP contribution >= 0.6 is 23.4 Å². The second-order valence-electron chi connectivity index (χ2n) is 12.8. The van der Waals surface area contributed by atoms with Gasteiger partial charge in [-0.15, -0.1) is 0 Å². The van der Waals surface area contributed by atoms with E-state index in [4.69, 9.17) is 16.6 Å². The van der Waals surface area contributed by atoms with E-state index in [-0.39, 0.29) is 29.7 Å². The molecule has 0 spiro atoms. The zero-order valence-electron chi connectivity index (χ0n) is 26.8. The van der Waals surface area contributed by atoms with Gasteiger partial charge in [0, 0.05) is 64.3 Å². The molecule has 46 heavy (non-hydrogen) atoms. The van der Waals surface area contributed by atoms with E-state index in [2.05, 4.69) is 70.2 Å². The summed E-state index contributed by atoms with van der Waals surface area (Å²) in [6.45, 7) is 7.15. The van der Waals surface area contributed by atoms with Crippen LogP contribution in [-0.2, 0) is 9.59 Å². The average Bonchev–Trinajstić information content (AvgIpc) is 3.61. The van der Waals surface area contributed by atoms with E-state index in [0.29, 0.717) is 49.5 Å². The van der Waals surface area contributed by atoms with Crippen molar-refractivity contribution in [3.8, 4) is 0 Å². The molecular weight excluding hydrogens is 616 g/mol. The minimum absolute atomic E-state index is 0.0871. The fourth-order valence-corrected chi connectivity index (χ4v) is 8.23. The quantitative estimate of drug-likeness (QED) is 0.146. The maximum absolute atomic E-state index is 13.3. The number of carbonyl (C=O) groups is 2. The van der Waals surface area contributed by atoms with Gasteiger partial charge in [-0.3, -0.25) is 14.5 Å². The number of hydrogen-bond donors (Lipinski definition) is 0. The Balaban J connectivity index is 1.00. The molecule has 3 heterocycles. The highest BCUT2D eigenvalue weighted by Crippen LogP contribution is 2.31. The van der Waals surface area contributed by atoms with Gasteiger partial charge in [0.2, 0.25) is 11.8 Å². The van der Waals surface area contributed by atoms with Gasteiger partial charge in [0.15, 0.2) is 5.16 Å². The third-order valence-electron chi connectivity index (χ3n) is 9.76. The molecule has 10 heteroatoms. The van der Waals surface area contributed by atoms with Crippen LogP contribution in [0.2, 0.25) is 5.15 Å². The Bertz CT molecular complexity index is 1410. The Hall–Kier alpha value is -3.14. The summed E-state index contributed by atoms with van der Waals surface area (Å²) in [4.78, 5) is 44.1. The lowest BCUT2D eigenvalue weighted by Gasteiger charge is -2.40. The molecule has 3 fully saturated rings. The van der Waals surface area contributed by atoms with Gasteiger partial charge in [-0.25, -0.2) is 9.97 Å². The van der Waals surface area contributed by atoms with Crippen molar-refractivity contribution in [1.82, 2.24) is 24.7 Å². The number of aromatic nitrogens is 2. The predicted octanol–water partition coefficient (Wildman–Crippen LogP) is 6.16. The van der Waals surface area contributed by atoms with Crippen LogP contribution in [-0.4, -0.2) is 94.1 Å². The average molecular weight is 661 g/mol. The minimum Gasteiger partial charge on any atom is -0.353 e. The van der Waals surface area contributed by atoms with Gasteiger partial charge in [-0.05, 0) is 30.4 Å². The van der Waals surface area contributed by atoms with Crippen molar-refractivity contribution >= 4 is 41.0 Å². The Morgan fingerprint density at radius 3 is 2.15 bits per heavy atom. The molecule has 1 atom stereocenters. The second-order valence-corrected chi connectivity index (χ2v) is 14.2. The van der Waals surface area contributed by atoms with Crippen molar-refractivity contribution in [2.75, 3.05) is 56.5 Å². The van der Waals surface area contributed by atoms with Gasteiger partial charge in [0.05, 0.1) is 11.8 Å². The fourth-order valence-electron chi connectivity index (χ4n) is 7.25. The zero-order valence-corrected chi connectivity index (χ0v) is 28.3. The smallest absolute Gasteiger partial charge is 0.233 e. The van der Waals surface area contributed by atoms with Crippen LogP contribution in [0.3, 0.4) is 0 Å². The van der Waals surface area contributed by atoms with Gasteiger partial charge in [-0.2, -0.15) is 0 Å². The van der Waals surface area contributed by atoms with Crippen molar-refractivity contribution in [2.24, 2.45) is 5.92 Å². The van der Waals surface area contributed by atoms with Crippen LogP contribution < -0.4 is 4.90 Å². The first-order valence-electron chi connectivity index (χ1n) is 16.8. The molecule has 3 aromatic rings. The summed E-state index contributed by atoms with van der Waals surface area (Å²) in [5, 5.41) is 0.870. The van der Waals surface area contributed by atoms with Crippen LogP contribution in [0.15, 0.2) is 71.9 Å². The lowest BCUT2D eigenvalue weighted by atomic mass is 9.96. The number of thioether (sulfide) groups is 1. The standard InChI is InChI=1S/C36H45ClN6O2S/c1-27-25-42(22-23-43(27)33(44)17-16-28-10-8-9-11-28)32-24-31(37)38-36(39-32)46-26-34(45)40-18-20-41(21-19-40)35(29-12-4-2-5-13-29)30-14-6-3-7-15-30/h2-7,12-15,24,27-28,35H,8-11,16-23,25-26H2,1H3. The van der Waals surface area contributed by atoms with E-state index in [9.17, 15) is 9.59 Å². The van der Waals surface area contributed by atoms with Crippen LogP contribution in [0.25, 0.3) is 0 Å². The molecule has 2 aromatic carbocycles. The molecule has 2 amide bonds. The van der Waals surface area contributed by atoms with Crippen LogP contribution in [0.4, 0.5) is 5.82 Å². The summed E-state index contributed by atoms with van der Waals surface area (Å²) < 4.78 is 0. The van der Waals surface area contributed by atoms with E-state index < -0.39 is 0 Å². The topological polar surface area (TPSA) is 72.9 Å². The molecule has 1 saturated carbocycles. The van der Waals surface area contributed by atoms with Crippen molar-refractivity contribution in [3.05, 3.63) is 83.0 Å². The maximum Gasteiger partial charge on any atom is 0.233 e. The highest BCUT2D eigenvalue weighted by Gasteiger charge is 2.30. The Morgan fingerprint density at radius 2 is 1.52 bits per heavy atom. The van der Waals surface area contributed by atoms with Crippen LogP contribution in [0.5, 0.6) is 0 Å². The third-order valence-corrected chi connectivity index (χ3v) is 10.8. The third kappa shape index (κ3) is 8.22. The van der Waals surface area contributed by atoms with Crippen LogP contribution in [0.1, 0.15) is 62.6 Å². The lowest BCUT2D eigenvalue weighted by Crippen LogP contribution is -2.54. The van der Waals surface area contributed by atoms with Crippen LogP contribution in [0, 0.1) is 5.92 Å². The molecule has 2 saturated heterocycles. The van der Waals surface area contributed by atoms with Gasteiger partial charge in [0.1, 0.15) is 11.0 Å². The molecule has 1 unspecified atom stereocenters. The Morgan fingerprint density at radius 1 is 0.870 bits per heavy atom. The lowest BCUT2D eigenvalue weighted by molar-refractivity contribution is -0.134. The minimum atomic E-state index is 0.0871. The summed E-state index contributed by atoms with van der Waals surface area (Å²) in [7, 11) is 0. The molecule has 0 N–H and O–H groups in total. The maximum atomic E-state index is 13.3. The Labute approximate surface area is 282 Å². The largest absolute Gasteiger partial charge is 0.353 e. The summed E-state index contributed by atoms with van der Waals surface area (Å²) >= 11 is 7.78. The van der Waals surface area contributed by atoms with Gasteiger partial charge < -0.3 is 14.7 Å². The summed E-state index contributed by atoms with van der Waals surface area (Å²) in [6.07, 6.45) is 6.84. The first-order chi connectivity index (χ1) is 22.4. The number of rotatable bonds is 10. The molecular formula is C36H45ClN6O2S. The molecule has 6 rings (SSSR count). The first kappa shape index (κ1) is 32.8. The molecule has 3 aliphatic rings. The zero-order chi connectivity index (χ0) is 31.9. The second kappa shape index (κ2) is 15.6. The monoisotopic (exact) mass is 660 g/mol. The molecule has 1 aromatic heterocycles. The SMILES string of the molecule is CC1CN(c2cc(Cl)nc(SCC(=O)N3CCN(C(c4ccccc4)c4ccccc4)CC3)n2)CCN1C(=O)CCC1CCCC1. The molecule has 244 valence electrons. The summed E-state index contributed by atoms with van der Waals surface area (Å²) in [5.41, 5.74) is 2.53. The van der Waals surface area contributed by atoms with Crippen molar-refractivity contribution in [2.45, 2.75) is 62.7 Å². The highest BCUT2D eigenvalue weighted by molar-refractivity contribution is 7.99. The molecule has 8 nitrogen and oxygen atoms in total. The molecule has 2 aliphatic heterocycles. The van der Waals surface area contributed by atoms with Gasteiger partial charge in [-0.1, -0.05) is 110 Å². The summed E-state index contributed by atoms with van der Waals surface area (Å²) in [6, 6.07) is 23.2. The normalized spacial score (nSPS) is 19.6. The van der Waals surface area contributed by atoms with Crippen molar-refractivity contribution in [1.29, 1.82) is 0 Å². The number of carbonyl (C=O) groups excluding carboxylic acids is 2.